The van der Waals surface area contributed by atoms with Gasteiger partial charge in [-0.2, -0.15) is 0 Å². The van der Waals surface area contributed by atoms with Crippen molar-refractivity contribution in [3.05, 3.63) is 59.1 Å². The number of amides is 3. The fourth-order valence-corrected chi connectivity index (χ4v) is 5.48. The monoisotopic (exact) mass is 501 g/mol. The van der Waals surface area contributed by atoms with E-state index in [1.807, 2.05) is 30.3 Å². The predicted octanol–water partition coefficient (Wildman–Crippen LogP) is 2.80. The molecular weight excluding hydrogens is 478 g/mol. The molecule has 3 amide bonds. The second-order valence-corrected chi connectivity index (χ2v) is 9.90. The summed E-state index contributed by atoms with van der Waals surface area (Å²) >= 11 is 7.66. The van der Waals surface area contributed by atoms with Crippen LogP contribution in [0.4, 0.5) is 5.69 Å². The van der Waals surface area contributed by atoms with Gasteiger partial charge in [0.1, 0.15) is 12.6 Å². The van der Waals surface area contributed by atoms with E-state index in [4.69, 9.17) is 16.3 Å². The first-order valence-corrected chi connectivity index (χ1v) is 12.0. The van der Waals surface area contributed by atoms with E-state index in [0.29, 0.717) is 15.6 Å². The highest BCUT2D eigenvalue weighted by molar-refractivity contribution is 7.99. The maximum absolute atomic E-state index is 13.9. The number of nitrogens with one attached hydrogen (secondary N) is 1. The van der Waals surface area contributed by atoms with Crippen molar-refractivity contribution in [3.8, 4) is 0 Å². The number of hydrogen-bond acceptors (Lipinski definition) is 6. The second-order valence-electron chi connectivity index (χ2n) is 8.28. The van der Waals surface area contributed by atoms with Gasteiger partial charge in [0, 0.05) is 36.9 Å². The molecular formula is C24H24ClN3O5S. The second kappa shape index (κ2) is 10.1. The molecule has 2 aromatic rings. The van der Waals surface area contributed by atoms with E-state index in [1.165, 1.54) is 21.6 Å². The zero-order valence-electron chi connectivity index (χ0n) is 18.7. The lowest BCUT2D eigenvalue weighted by Gasteiger charge is -2.29. The third-order valence-corrected chi connectivity index (χ3v) is 7.31. The summed E-state index contributed by atoms with van der Waals surface area (Å²) in [7, 11) is 3.23. The number of ether oxygens (including phenoxy) is 1. The molecule has 0 spiro atoms. The third kappa shape index (κ3) is 5.05. The molecule has 2 aliphatic rings. The van der Waals surface area contributed by atoms with Crippen molar-refractivity contribution < 1.29 is 23.9 Å². The molecule has 2 aromatic carbocycles. The number of likely N-dealkylation sites (N-methyl/N-ethyl adjacent to an activating group) is 1. The smallest absolute Gasteiger partial charge is 0.306 e. The quantitative estimate of drug-likeness (QED) is 0.633. The van der Waals surface area contributed by atoms with Crippen molar-refractivity contribution >= 4 is 52.7 Å². The lowest BCUT2D eigenvalue weighted by atomic mass is 10.0. The number of esters is 1. The molecule has 8 nitrogen and oxygen atoms in total. The Balaban J connectivity index is 1.77. The Labute approximate surface area is 206 Å². The predicted molar refractivity (Wildman–Crippen MR) is 129 cm³/mol. The van der Waals surface area contributed by atoms with Crippen LogP contribution in [0.5, 0.6) is 0 Å². The van der Waals surface area contributed by atoms with E-state index in [2.05, 4.69) is 5.32 Å². The topological polar surface area (TPSA) is 96.0 Å². The van der Waals surface area contributed by atoms with Gasteiger partial charge in [-0.25, -0.2) is 0 Å². The van der Waals surface area contributed by atoms with E-state index >= 15 is 0 Å². The van der Waals surface area contributed by atoms with Gasteiger partial charge in [0.25, 0.3) is 11.8 Å². The van der Waals surface area contributed by atoms with E-state index in [-0.39, 0.29) is 25.3 Å². The summed E-state index contributed by atoms with van der Waals surface area (Å²) in [5.41, 5.74) is 1.36. The van der Waals surface area contributed by atoms with E-state index in [9.17, 15) is 19.2 Å². The van der Waals surface area contributed by atoms with Crippen molar-refractivity contribution in [2.24, 2.45) is 0 Å². The molecule has 0 unspecified atom stereocenters. The Hall–Kier alpha value is -3.04. The third-order valence-electron chi connectivity index (χ3n) is 5.70. The lowest BCUT2D eigenvalue weighted by molar-refractivity contribution is -0.148. The number of carbonyl (C=O) groups excluding carboxylic acids is 4. The summed E-state index contributed by atoms with van der Waals surface area (Å²) in [6.45, 7) is -0.201. The van der Waals surface area contributed by atoms with Crippen LogP contribution in [0.2, 0.25) is 5.02 Å². The SMILES string of the molecule is CN(C)C(=O)CN1C(=O)[C@H](NC(=O)[C@@H]2CCC(=O)O2)[C@@H](c2ccccc2)Sc2cc(Cl)ccc21. The molecule has 3 atom stereocenters. The van der Waals surface area contributed by atoms with Crippen LogP contribution >= 0.6 is 23.4 Å². The highest BCUT2D eigenvalue weighted by Gasteiger charge is 2.42. The summed E-state index contributed by atoms with van der Waals surface area (Å²) in [4.78, 5) is 54.6. The first kappa shape index (κ1) is 24.1. The minimum atomic E-state index is -1.01. The minimum Gasteiger partial charge on any atom is -0.452 e. The number of benzene rings is 2. The van der Waals surface area contributed by atoms with Crippen LogP contribution in [0.25, 0.3) is 0 Å². The Kier molecular flexibility index (Phi) is 7.13. The molecule has 0 bridgehead atoms. The van der Waals surface area contributed by atoms with Crippen LogP contribution in [0.1, 0.15) is 23.7 Å². The van der Waals surface area contributed by atoms with Gasteiger partial charge in [-0.3, -0.25) is 19.2 Å². The van der Waals surface area contributed by atoms with E-state index in [0.717, 1.165) is 5.56 Å². The Bertz CT molecular complexity index is 1130. The van der Waals surface area contributed by atoms with Gasteiger partial charge < -0.3 is 19.9 Å². The standard InChI is InChI=1S/C24H24ClN3O5S/c1-27(2)19(29)13-28-16-9-8-15(25)12-18(16)34-22(14-6-4-3-5-7-14)21(24(28)32)26-23(31)17-10-11-20(30)33-17/h3-9,12,17,21-22H,10-11,13H2,1-2H3,(H,26,31)/t17-,21+,22+/m0/s1. The largest absolute Gasteiger partial charge is 0.452 e. The molecule has 2 aliphatic heterocycles. The van der Waals surface area contributed by atoms with Gasteiger partial charge in [-0.1, -0.05) is 41.9 Å². The van der Waals surface area contributed by atoms with Crippen molar-refractivity contribution in [1.29, 1.82) is 0 Å². The van der Waals surface area contributed by atoms with Crippen LogP contribution < -0.4 is 10.2 Å². The van der Waals surface area contributed by atoms with Crippen LogP contribution in [0, 0.1) is 0 Å². The molecule has 0 radical (unpaired) electrons. The zero-order chi connectivity index (χ0) is 24.4. The molecule has 178 valence electrons. The first-order valence-electron chi connectivity index (χ1n) is 10.8. The van der Waals surface area contributed by atoms with Gasteiger partial charge in [0.15, 0.2) is 6.10 Å². The highest BCUT2D eigenvalue weighted by Crippen LogP contribution is 2.46. The number of carbonyl (C=O) groups is 4. The van der Waals surface area contributed by atoms with Crippen LogP contribution in [-0.4, -0.2) is 61.4 Å². The summed E-state index contributed by atoms with van der Waals surface area (Å²) in [5, 5.41) is 2.80. The van der Waals surface area contributed by atoms with E-state index in [1.54, 1.807) is 32.3 Å². The summed E-state index contributed by atoms with van der Waals surface area (Å²) in [5.74, 6) is -1.68. The van der Waals surface area contributed by atoms with Crippen LogP contribution in [-0.2, 0) is 23.9 Å². The summed E-state index contributed by atoms with van der Waals surface area (Å²) in [6.07, 6.45) is -0.535. The number of cyclic esters (lactones) is 1. The number of anilines is 1. The van der Waals surface area contributed by atoms with Crippen molar-refractivity contribution in [3.63, 3.8) is 0 Å². The number of halogens is 1. The van der Waals surface area contributed by atoms with E-state index < -0.39 is 35.2 Å². The van der Waals surface area contributed by atoms with Crippen molar-refractivity contribution in [1.82, 2.24) is 10.2 Å². The number of hydrogen-bond donors (Lipinski definition) is 1. The number of nitrogens with zero attached hydrogens (tertiary/aromatic N) is 2. The summed E-state index contributed by atoms with van der Waals surface area (Å²) in [6, 6.07) is 13.4. The Morgan fingerprint density at radius 1 is 1.18 bits per heavy atom. The molecule has 1 N–H and O–H groups in total. The molecule has 1 saturated heterocycles. The highest BCUT2D eigenvalue weighted by atomic mass is 35.5. The number of rotatable bonds is 5. The van der Waals surface area contributed by atoms with Crippen LogP contribution in [0.15, 0.2) is 53.4 Å². The van der Waals surface area contributed by atoms with Gasteiger partial charge in [-0.05, 0) is 23.8 Å². The molecule has 0 saturated carbocycles. The van der Waals surface area contributed by atoms with Crippen molar-refractivity contribution in [2.75, 3.05) is 25.5 Å². The molecule has 10 heteroatoms. The molecule has 1 fully saturated rings. The van der Waals surface area contributed by atoms with Crippen LogP contribution in [0.3, 0.4) is 0 Å². The molecule has 4 rings (SSSR count). The fourth-order valence-electron chi connectivity index (χ4n) is 3.86. The minimum absolute atomic E-state index is 0.154. The summed E-state index contributed by atoms with van der Waals surface area (Å²) < 4.78 is 5.11. The molecule has 0 aliphatic carbocycles. The maximum Gasteiger partial charge on any atom is 0.306 e. The fraction of sp³-hybridized carbons (Fsp3) is 0.333. The lowest BCUT2D eigenvalue weighted by Crippen LogP contribution is -2.54. The van der Waals surface area contributed by atoms with Gasteiger partial charge in [0.2, 0.25) is 5.91 Å². The average molecular weight is 502 g/mol. The van der Waals surface area contributed by atoms with Gasteiger partial charge >= 0.3 is 5.97 Å². The van der Waals surface area contributed by atoms with Gasteiger partial charge in [0.05, 0.1) is 10.9 Å². The number of fused-ring (bicyclic) bond motifs is 1. The maximum atomic E-state index is 13.9. The number of thioether (sulfide) groups is 1. The first-order chi connectivity index (χ1) is 16.2. The Morgan fingerprint density at radius 3 is 2.56 bits per heavy atom. The average Bonchev–Trinajstić information content (AvgIpc) is 3.22. The normalized spacial score (nSPS) is 22.0. The molecule has 2 heterocycles. The molecule has 34 heavy (non-hydrogen) atoms. The van der Waals surface area contributed by atoms with Gasteiger partial charge in [-0.15, -0.1) is 11.8 Å². The zero-order valence-corrected chi connectivity index (χ0v) is 20.3. The van der Waals surface area contributed by atoms with Crippen molar-refractivity contribution in [2.45, 2.75) is 35.1 Å². The Morgan fingerprint density at radius 2 is 1.91 bits per heavy atom. The molecule has 0 aromatic heterocycles.